The molecule has 0 atom stereocenters. The average Bonchev–Trinajstić information content (AvgIpc) is 3.32. The van der Waals surface area contributed by atoms with Crippen molar-refractivity contribution >= 4 is 10.8 Å². The Kier molecular flexibility index (Phi) is 4.82. The summed E-state index contributed by atoms with van der Waals surface area (Å²) in [5.41, 5.74) is 4.45. The lowest BCUT2D eigenvalue weighted by molar-refractivity contribution is 0.414. The fraction of sp³-hybridized carbons (Fsp3) is 0.115. The highest BCUT2D eigenvalue weighted by Gasteiger charge is 2.17. The van der Waals surface area contributed by atoms with Crippen LogP contribution in [0.3, 0.4) is 0 Å². The van der Waals surface area contributed by atoms with E-state index in [1.807, 2.05) is 80.6 Å². The van der Waals surface area contributed by atoms with Gasteiger partial charge in [-0.1, -0.05) is 41.6 Å². The SMILES string of the molecule is COc1cccc(-c2noc(-c3cn(-c4ccc(C)c(C)c4)c(=O)c4ccccc34)n2)c1. The Morgan fingerprint density at radius 1 is 0.906 bits per heavy atom. The van der Waals surface area contributed by atoms with E-state index in [1.165, 1.54) is 5.56 Å². The molecule has 5 aromatic rings. The molecule has 0 bridgehead atoms. The van der Waals surface area contributed by atoms with Crippen LogP contribution in [0.4, 0.5) is 0 Å². The molecule has 0 aliphatic carbocycles. The second kappa shape index (κ2) is 7.81. The molecule has 2 heterocycles. The lowest BCUT2D eigenvalue weighted by Crippen LogP contribution is -2.18. The van der Waals surface area contributed by atoms with E-state index in [0.29, 0.717) is 28.4 Å². The summed E-state index contributed by atoms with van der Waals surface area (Å²) < 4.78 is 12.6. The van der Waals surface area contributed by atoms with Gasteiger partial charge in [0.15, 0.2) is 0 Å². The van der Waals surface area contributed by atoms with Crippen molar-refractivity contribution in [3.8, 4) is 34.3 Å². The van der Waals surface area contributed by atoms with Crippen LogP contribution in [-0.4, -0.2) is 21.8 Å². The van der Waals surface area contributed by atoms with Crippen molar-refractivity contribution in [3.63, 3.8) is 0 Å². The Labute approximate surface area is 184 Å². The summed E-state index contributed by atoms with van der Waals surface area (Å²) in [6.07, 6.45) is 1.78. The Balaban J connectivity index is 1.71. The molecular weight excluding hydrogens is 402 g/mol. The number of benzene rings is 3. The molecule has 0 fully saturated rings. The third-order valence-corrected chi connectivity index (χ3v) is 5.68. The highest BCUT2D eigenvalue weighted by Crippen LogP contribution is 2.29. The maximum Gasteiger partial charge on any atom is 0.262 e. The zero-order valence-electron chi connectivity index (χ0n) is 18.0. The summed E-state index contributed by atoms with van der Waals surface area (Å²) >= 11 is 0. The largest absolute Gasteiger partial charge is 0.497 e. The first-order valence-corrected chi connectivity index (χ1v) is 10.3. The molecule has 3 aromatic carbocycles. The molecule has 0 N–H and O–H groups in total. The van der Waals surface area contributed by atoms with Crippen molar-refractivity contribution in [2.24, 2.45) is 0 Å². The van der Waals surface area contributed by atoms with Crippen LogP contribution in [0.1, 0.15) is 11.1 Å². The first-order chi connectivity index (χ1) is 15.5. The first kappa shape index (κ1) is 19.8. The van der Waals surface area contributed by atoms with E-state index in [2.05, 4.69) is 10.1 Å². The predicted molar refractivity (Wildman–Crippen MR) is 124 cm³/mol. The molecule has 158 valence electrons. The van der Waals surface area contributed by atoms with Gasteiger partial charge in [0.25, 0.3) is 11.4 Å². The monoisotopic (exact) mass is 423 g/mol. The number of fused-ring (bicyclic) bond motifs is 1. The van der Waals surface area contributed by atoms with Crippen LogP contribution in [0.15, 0.2) is 82.2 Å². The number of methoxy groups -OCH3 is 1. The molecule has 2 aromatic heterocycles. The molecule has 0 aliphatic heterocycles. The normalized spacial score (nSPS) is 11.1. The fourth-order valence-corrected chi connectivity index (χ4v) is 3.74. The summed E-state index contributed by atoms with van der Waals surface area (Å²) in [4.78, 5) is 17.9. The molecule has 0 amide bonds. The fourth-order valence-electron chi connectivity index (χ4n) is 3.74. The number of aryl methyl sites for hydroxylation is 2. The third-order valence-electron chi connectivity index (χ3n) is 5.68. The maximum atomic E-state index is 13.3. The number of ether oxygens (including phenoxy) is 1. The van der Waals surface area contributed by atoms with Gasteiger partial charge in [-0.2, -0.15) is 4.98 Å². The van der Waals surface area contributed by atoms with Crippen molar-refractivity contribution in [2.45, 2.75) is 13.8 Å². The van der Waals surface area contributed by atoms with Crippen molar-refractivity contribution < 1.29 is 9.26 Å². The number of rotatable bonds is 4. The number of nitrogens with zero attached hydrogens (tertiary/aromatic N) is 3. The van der Waals surface area contributed by atoms with Crippen LogP contribution in [0.5, 0.6) is 5.75 Å². The minimum Gasteiger partial charge on any atom is -0.497 e. The average molecular weight is 423 g/mol. The molecule has 0 saturated heterocycles. The topological polar surface area (TPSA) is 70.2 Å². The Morgan fingerprint density at radius 3 is 2.50 bits per heavy atom. The molecule has 0 unspecified atom stereocenters. The van der Waals surface area contributed by atoms with Gasteiger partial charge in [-0.3, -0.25) is 9.36 Å². The van der Waals surface area contributed by atoms with Gasteiger partial charge in [0, 0.05) is 28.2 Å². The highest BCUT2D eigenvalue weighted by atomic mass is 16.5. The zero-order chi connectivity index (χ0) is 22.2. The lowest BCUT2D eigenvalue weighted by Gasteiger charge is -2.12. The van der Waals surface area contributed by atoms with Crippen LogP contribution >= 0.6 is 0 Å². The molecule has 0 aliphatic rings. The molecule has 0 saturated carbocycles. The van der Waals surface area contributed by atoms with Gasteiger partial charge in [-0.05, 0) is 55.3 Å². The van der Waals surface area contributed by atoms with Gasteiger partial charge in [0.2, 0.25) is 5.82 Å². The van der Waals surface area contributed by atoms with E-state index in [-0.39, 0.29) is 5.56 Å². The van der Waals surface area contributed by atoms with Gasteiger partial charge in [0.05, 0.1) is 12.7 Å². The molecule has 5 rings (SSSR count). The Morgan fingerprint density at radius 2 is 1.72 bits per heavy atom. The first-order valence-electron chi connectivity index (χ1n) is 10.3. The van der Waals surface area contributed by atoms with Gasteiger partial charge in [-0.25, -0.2) is 0 Å². The van der Waals surface area contributed by atoms with Crippen molar-refractivity contribution in [2.75, 3.05) is 7.11 Å². The van der Waals surface area contributed by atoms with Crippen LogP contribution in [0.2, 0.25) is 0 Å². The summed E-state index contributed by atoms with van der Waals surface area (Å²) in [6, 6.07) is 20.9. The Hall–Kier alpha value is -4.19. The van der Waals surface area contributed by atoms with Crippen molar-refractivity contribution in [3.05, 3.63) is 94.4 Å². The molecule has 6 heteroatoms. The molecular formula is C26H21N3O3. The van der Waals surface area contributed by atoms with E-state index in [9.17, 15) is 4.79 Å². The van der Waals surface area contributed by atoms with Gasteiger partial charge in [0.1, 0.15) is 5.75 Å². The van der Waals surface area contributed by atoms with Crippen molar-refractivity contribution in [1.29, 1.82) is 0 Å². The van der Waals surface area contributed by atoms with Gasteiger partial charge >= 0.3 is 0 Å². The molecule has 0 radical (unpaired) electrons. The molecule has 0 spiro atoms. The van der Waals surface area contributed by atoms with E-state index in [0.717, 1.165) is 22.2 Å². The van der Waals surface area contributed by atoms with E-state index in [4.69, 9.17) is 9.26 Å². The zero-order valence-corrected chi connectivity index (χ0v) is 18.0. The van der Waals surface area contributed by atoms with Crippen LogP contribution < -0.4 is 10.3 Å². The summed E-state index contributed by atoms with van der Waals surface area (Å²) in [7, 11) is 1.61. The summed E-state index contributed by atoms with van der Waals surface area (Å²) in [6.45, 7) is 4.08. The van der Waals surface area contributed by atoms with Crippen LogP contribution in [0, 0.1) is 13.8 Å². The smallest absolute Gasteiger partial charge is 0.262 e. The number of hydrogen-bond donors (Lipinski definition) is 0. The highest BCUT2D eigenvalue weighted by molar-refractivity contribution is 5.94. The van der Waals surface area contributed by atoms with E-state index >= 15 is 0 Å². The van der Waals surface area contributed by atoms with E-state index < -0.39 is 0 Å². The van der Waals surface area contributed by atoms with Crippen LogP contribution in [0.25, 0.3) is 39.3 Å². The Bertz CT molecular complexity index is 1510. The van der Waals surface area contributed by atoms with E-state index in [1.54, 1.807) is 17.9 Å². The number of pyridine rings is 1. The second-order valence-electron chi connectivity index (χ2n) is 7.69. The summed E-state index contributed by atoms with van der Waals surface area (Å²) in [5, 5.41) is 5.52. The molecule has 32 heavy (non-hydrogen) atoms. The maximum absolute atomic E-state index is 13.3. The standard InChI is InChI=1S/C26H21N3O3/c1-16-11-12-19(13-17(16)2)29-15-23(21-9-4-5-10-22(21)26(29)30)25-27-24(28-32-25)18-7-6-8-20(14-18)31-3/h4-15H,1-3H3. The lowest BCUT2D eigenvalue weighted by atomic mass is 10.1. The van der Waals surface area contributed by atoms with Gasteiger partial charge in [-0.15, -0.1) is 0 Å². The van der Waals surface area contributed by atoms with Gasteiger partial charge < -0.3 is 9.26 Å². The molecule has 6 nitrogen and oxygen atoms in total. The predicted octanol–water partition coefficient (Wildman–Crippen LogP) is 5.33. The minimum atomic E-state index is -0.0971. The number of hydrogen-bond acceptors (Lipinski definition) is 5. The van der Waals surface area contributed by atoms with Crippen LogP contribution in [-0.2, 0) is 0 Å². The quantitative estimate of drug-likeness (QED) is 0.391. The van der Waals surface area contributed by atoms with Crippen molar-refractivity contribution in [1.82, 2.24) is 14.7 Å². The third kappa shape index (κ3) is 3.36. The minimum absolute atomic E-state index is 0.0971. The number of aromatic nitrogens is 3. The second-order valence-corrected chi connectivity index (χ2v) is 7.69. The summed E-state index contributed by atoms with van der Waals surface area (Å²) in [5.74, 6) is 1.51.